The molecule has 1 heterocycles. The van der Waals surface area contributed by atoms with E-state index >= 15 is 0 Å². The summed E-state index contributed by atoms with van der Waals surface area (Å²) in [5.74, 6) is 0. The second-order valence-corrected chi connectivity index (χ2v) is 6.00. The normalized spacial score (nSPS) is 29.1. The van der Waals surface area contributed by atoms with Crippen LogP contribution in [0.4, 0.5) is 0 Å². The van der Waals surface area contributed by atoms with E-state index in [0.717, 1.165) is 0 Å². The lowest BCUT2D eigenvalue weighted by molar-refractivity contribution is 0.104. The molecule has 3 heteroatoms. The monoisotopic (exact) mass is 251 g/mol. The summed E-state index contributed by atoms with van der Waals surface area (Å²) in [5.41, 5.74) is 1.66. The third kappa shape index (κ3) is 3.56. The highest BCUT2D eigenvalue weighted by molar-refractivity contribution is 5.14. The number of nitrogens with one attached hydrogen (secondary N) is 1. The zero-order valence-electron chi connectivity index (χ0n) is 12.3. The number of nitrogens with zero attached hydrogens (tertiary/aromatic N) is 2. The van der Waals surface area contributed by atoms with Gasteiger partial charge in [0, 0.05) is 31.7 Å². The Labute approximate surface area is 112 Å². The first-order valence-electron chi connectivity index (χ1n) is 7.45. The van der Waals surface area contributed by atoms with Gasteiger partial charge in [0.2, 0.25) is 0 Å². The van der Waals surface area contributed by atoms with Gasteiger partial charge in [0.25, 0.3) is 0 Å². The minimum Gasteiger partial charge on any atom is -0.313 e. The van der Waals surface area contributed by atoms with Crippen LogP contribution in [0.25, 0.3) is 0 Å². The fraction of sp³-hybridized carbons (Fsp3) is 0.867. The van der Waals surface area contributed by atoms with Gasteiger partial charge in [-0.25, -0.2) is 0 Å². The van der Waals surface area contributed by atoms with Gasteiger partial charge in [-0.15, -0.1) is 0 Å². The molecule has 3 nitrogen and oxygen atoms in total. The van der Waals surface area contributed by atoms with Gasteiger partial charge in [0.15, 0.2) is 0 Å². The summed E-state index contributed by atoms with van der Waals surface area (Å²) >= 11 is 0. The molecule has 1 saturated heterocycles. The van der Waals surface area contributed by atoms with E-state index in [1.54, 1.807) is 5.57 Å². The van der Waals surface area contributed by atoms with Crippen LogP contribution in [0.3, 0.4) is 0 Å². The number of hydrogen-bond donors (Lipinski definition) is 1. The van der Waals surface area contributed by atoms with E-state index in [2.05, 4.69) is 42.3 Å². The van der Waals surface area contributed by atoms with Gasteiger partial charge in [-0.1, -0.05) is 11.6 Å². The van der Waals surface area contributed by atoms with Crippen LogP contribution in [0.5, 0.6) is 0 Å². The first-order valence-corrected chi connectivity index (χ1v) is 7.45. The predicted octanol–water partition coefficient (Wildman–Crippen LogP) is 1.71. The van der Waals surface area contributed by atoms with Gasteiger partial charge in [0.1, 0.15) is 0 Å². The smallest absolute Gasteiger partial charge is 0.0292 e. The van der Waals surface area contributed by atoms with Crippen molar-refractivity contribution < 1.29 is 0 Å². The molecule has 2 rings (SSSR count). The summed E-state index contributed by atoms with van der Waals surface area (Å²) in [6.07, 6.45) is 9.09. The molecule has 0 aromatic heterocycles. The average molecular weight is 251 g/mol. The molecule has 2 unspecified atom stereocenters. The molecule has 1 N–H and O–H groups in total. The van der Waals surface area contributed by atoms with Crippen molar-refractivity contribution in [2.75, 3.05) is 40.8 Å². The van der Waals surface area contributed by atoms with Gasteiger partial charge in [0.05, 0.1) is 0 Å². The first kappa shape index (κ1) is 14.0. The van der Waals surface area contributed by atoms with Crippen LogP contribution in [0.15, 0.2) is 11.6 Å². The first-order chi connectivity index (χ1) is 8.70. The Morgan fingerprint density at radius 2 is 2.17 bits per heavy atom. The lowest BCUT2D eigenvalue weighted by Crippen LogP contribution is -2.52. The van der Waals surface area contributed by atoms with Crippen LogP contribution in [0.2, 0.25) is 0 Å². The molecule has 0 radical (unpaired) electrons. The molecule has 18 heavy (non-hydrogen) atoms. The zero-order valence-corrected chi connectivity index (χ0v) is 12.3. The van der Waals surface area contributed by atoms with Crippen molar-refractivity contribution in [3.63, 3.8) is 0 Å². The van der Waals surface area contributed by atoms with Crippen LogP contribution in [-0.4, -0.2) is 62.7 Å². The van der Waals surface area contributed by atoms with Crippen LogP contribution in [-0.2, 0) is 0 Å². The Balaban J connectivity index is 1.94. The van der Waals surface area contributed by atoms with Crippen molar-refractivity contribution in [3.8, 4) is 0 Å². The summed E-state index contributed by atoms with van der Waals surface area (Å²) in [6, 6.07) is 1.29. The maximum Gasteiger partial charge on any atom is 0.0292 e. The van der Waals surface area contributed by atoms with Crippen molar-refractivity contribution in [2.45, 2.75) is 44.2 Å². The number of piperazine rings is 1. The number of likely N-dealkylation sites (N-methyl/N-ethyl adjacent to an activating group) is 3. The standard InChI is InChI=1S/C15H29N3/c1-16-15(13-7-5-4-6-8-13)11-14-12-17(2)9-10-18(14)3/h7,14-16H,4-6,8-12H2,1-3H3. The van der Waals surface area contributed by atoms with E-state index in [-0.39, 0.29) is 0 Å². The van der Waals surface area contributed by atoms with Crippen molar-refractivity contribution in [2.24, 2.45) is 0 Å². The quantitative estimate of drug-likeness (QED) is 0.768. The molecule has 0 saturated carbocycles. The van der Waals surface area contributed by atoms with Gasteiger partial charge in [-0.2, -0.15) is 0 Å². The molecule has 2 aliphatic rings. The SMILES string of the molecule is CNC(CC1CN(C)CCN1C)C1=CCCCC1. The minimum absolute atomic E-state index is 0.587. The minimum atomic E-state index is 0.587. The fourth-order valence-corrected chi connectivity index (χ4v) is 3.26. The Morgan fingerprint density at radius 1 is 1.33 bits per heavy atom. The van der Waals surface area contributed by atoms with E-state index in [0.29, 0.717) is 12.1 Å². The zero-order chi connectivity index (χ0) is 13.0. The maximum atomic E-state index is 3.54. The van der Waals surface area contributed by atoms with Crippen molar-refractivity contribution in [1.29, 1.82) is 0 Å². The van der Waals surface area contributed by atoms with Gasteiger partial charge in [-0.3, -0.25) is 0 Å². The Kier molecular flexibility index (Phi) is 5.22. The largest absolute Gasteiger partial charge is 0.313 e. The second kappa shape index (κ2) is 6.69. The van der Waals surface area contributed by atoms with Gasteiger partial charge >= 0.3 is 0 Å². The Hall–Kier alpha value is -0.380. The van der Waals surface area contributed by atoms with E-state index in [1.807, 2.05) is 0 Å². The maximum absolute atomic E-state index is 3.54. The molecule has 0 aromatic rings. The third-order valence-electron chi connectivity index (χ3n) is 4.61. The summed E-state index contributed by atoms with van der Waals surface area (Å²) < 4.78 is 0. The summed E-state index contributed by atoms with van der Waals surface area (Å²) in [7, 11) is 6.64. The van der Waals surface area contributed by atoms with Crippen molar-refractivity contribution in [3.05, 3.63) is 11.6 Å². The van der Waals surface area contributed by atoms with Crippen LogP contribution < -0.4 is 5.32 Å². The molecule has 0 amide bonds. The van der Waals surface area contributed by atoms with E-state index in [4.69, 9.17) is 0 Å². The highest BCUT2D eigenvalue weighted by Crippen LogP contribution is 2.24. The number of hydrogen-bond acceptors (Lipinski definition) is 3. The van der Waals surface area contributed by atoms with E-state index < -0.39 is 0 Å². The summed E-state index contributed by atoms with van der Waals surface area (Å²) in [4.78, 5) is 5.00. The summed E-state index contributed by atoms with van der Waals surface area (Å²) in [5, 5.41) is 3.54. The number of rotatable bonds is 4. The lowest BCUT2D eigenvalue weighted by atomic mass is 9.89. The lowest BCUT2D eigenvalue weighted by Gasteiger charge is -2.40. The van der Waals surface area contributed by atoms with E-state index in [1.165, 1.54) is 51.7 Å². The molecular weight excluding hydrogens is 222 g/mol. The van der Waals surface area contributed by atoms with Crippen LogP contribution in [0, 0.1) is 0 Å². The average Bonchev–Trinajstić information content (AvgIpc) is 2.41. The molecule has 1 aliphatic heterocycles. The molecule has 2 atom stereocenters. The molecule has 0 spiro atoms. The topological polar surface area (TPSA) is 18.5 Å². The van der Waals surface area contributed by atoms with Gasteiger partial charge < -0.3 is 15.1 Å². The second-order valence-electron chi connectivity index (χ2n) is 6.00. The molecule has 0 bridgehead atoms. The number of allylic oxidation sites excluding steroid dienone is 1. The van der Waals surface area contributed by atoms with Crippen molar-refractivity contribution >= 4 is 0 Å². The highest BCUT2D eigenvalue weighted by atomic mass is 15.3. The molecule has 1 fully saturated rings. The van der Waals surface area contributed by atoms with Crippen molar-refractivity contribution in [1.82, 2.24) is 15.1 Å². The highest BCUT2D eigenvalue weighted by Gasteiger charge is 2.26. The Bertz CT molecular complexity index is 287. The van der Waals surface area contributed by atoms with Crippen LogP contribution >= 0.6 is 0 Å². The molecule has 1 aliphatic carbocycles. The third-order valence-corrected chi connectivity index (χ3v) is 4.61. The molecule has 104 valence electrons. The molecule has 0 aromatic carbocycles. The van der Waals surface area contributed by atoms with Gasteiger partial charge in [-0.05, 0) is 53.2 Å². The summed E-state index contributed by atoms with van der Waals surface area (Å²) in [6.45, 7) is 3.62. The fourth-order valence-electron chi connectivity index (χ4n) is 3.26. The Morgan fingerprint density at radius 3 is 2.83 bits per heavy atom. The van der Waals surface area contributed by atoms with E-state index in [9.17, 15) is 0 Å². The van der Waals surface area contributed by atoms with Crippen LogP contribution in [0.1, 0.15) is 32.1 Å². The predicted molar refractivity (Wildman–Crippen MR) is 77.9 cm³/mol. The molecular formula is C15H29N3.